The molecule has 0 heterocycles. The summed E-state index contributed by atoms with van der Waals surface area (Å²) >= 11 is 0.399. The van der Waals surface area contributed by atoms with E-state index in [2.05, 4.69) is 0 Å². The average molecular weight is 322 g/mol. The molecule has 0 aliphatic rings. The van der Waals surface area contributed by atoms with Crippen LogP contribution < -0.4 is 0 Å². The van der Waals surface area contributed by atoms with Crippen LogP contribution in [0.3, 0.4) is 0 Å². The monoisotopic (exact) mass is 326 g/mol. The molecule has 0 rings (SSSR count). The zero-order chi connectivity index (χ0) is 4.50. The van der Waals surface area contributed by atoms with Gasteiger partial charge in [-0.3, -0.25) is 0 Å². The zero-order valence-corrected chi connectivity index (χ0v) is 10.2. The first-order valence-electron chi connectivity index (χ1n) is 0.698. The first-order chi connectivity index (χ1) is 2.00. The SMILES string of the molecule is O=S(=O)(O)[TeH].[Cd]. The van der Waals surface area contributed by atoms with Crippen LogP contribution in [-0.4, -0.2) is 33.9 Å². The molecule has 0 aliphatic heterocycles. The van der Waals surface area contributed by atoms with Crippen LogP contribution in [0, 0.1) is 0 Å². The third-order valence-electron chi connectivity index (χ3n) is 0. The van der Waals surface area contributed by atoms with E-state index in [0.717, 1.165) is 0 Å². The third-order valence-corrected chi connectivity index (χ3v) is 0. The van der Waals surface area contributed by atoms with Crippen LogP contribution in [0.5, 0.6) is 0 Å². The van der Waals surface area contributed by atoms with Crippen molar-refractivity contribution in [2.45, 2.75) is 0 Å². The van der Waals surface area contributed by atoms with Gasteiger partial charge in [-0.2, -0.15) is 0 Å². The molecule has 0 radical (unpaired) electrons. The van der Waals surface area contributed by atoms with Crippen molar-refractivity contribution in [3.63, 3.8) is 0 Å². The van der Waals surface area contributed by atoms with Crippen LogP contribution in [0.15, 0.2) is 0 Å². The molecular formula is H2CdO3STe. The van der Waals surface area contributed by atoms with Crippen LogP contribution >= 0.6 is 0 Å². The summed E-state index contributed by atoms with van der Waals surface area (Å²) in [5.74, 6) is 0. The Morgan fingerprint density at radius 1 is 1.50 bits per heavy atom. The maximum Gasteiger partial charge on any atom is 0 e. The Morgan fingerprint density at radius 3 is 1.50 bits per heavy atom. The van der Waals surface area contributed by atoms with Gasteiger partial charge in [0.25, 0.3) is 0 Å². The second-order valence-electron chi connectivity index (χ2n) is 0.448. The standard InChI is InChI=1S/Cd.H2O3STe/c;1-4(2,3)5/h;(H2,1,2,3,5). The van der Waals surface area contributed by atoms with Gasteiger partial charge in [-0.05, 0) is 0 Å². The molecule has 6 heavy (non-hydrogen) atoms. The molecule has 0 aromatic carbocycles. The third kappa shape index (κ3) is 45.7. The predicted molar refractivity (Wildman–Crippen MR) is 18.7 cm³/mol. The molecule has 0 amide bonds. The van der Waals surface area contributed by atoms with Gasteiger partial charge in [0.05, 0.1) is 0 Å². The van der Waals surface area contributed by atoms with Crippen molar-refractivity contribution in [3.05, 3.63) is 0 Å². The summed E-state index contributed by atoms with van der Waals surface area (Å²) in [7, 11) is -3.62. The topological polar surface area (TPSA) is 54.4 Å². The molecule has 6 heteroatoms. The van der Waals surface area contributed by atoms with E-state index in [1.165, 1.54) is 0 Å². The minimum atomic E-state index is -3.62. The minimum Gasteiger partial charge on any atom is 0 e. The predicted octanol–water partition coefficient (Wildman–Crippen LogP) is -1.31. The largest absolute Gasteiger partial charge is 0 e. The fourth-order valence-corrected chi connectivity index (χ4v) is 0. The van der Waals surface area contributed by atoms with Crippen molar-refractivity contribution in [1.82, 2.24) is 0 Å². The molecule has 0 aromatic rings. The maximum absolute atomic E-state index is 9.21. The second kappa shape index (κ2) is 3.60. The summed E-state index contributed by atoms with van der Waals surface area (Å²) in [5, 5.41) is 0. The van der Waals surface area contributed by atoms with Gasteiger partial charge in [0.15, 0.2) is 0 Å². The minimum absolute atomic E-state index is 0. The normalized spacial score (nSPS) is 9.67. The van der Waals surface area contributed by atoms with Crippen molar-refractivity contribution in [3.8, 4) is 0 Å². The first kappa shape index (κ1) is 10.6. The van der Waals surface area contributed by atoms with E-state index >= 15 is 0 Å². The van der Waals surface area contributed by atoms with E-state index < -0.39 is 7.35 Å². The molecule has 0 spiro atoms. The summed E-state index contributed by atoms with van der Waals surface area (Å²) in [6.45, 7) is 0. The van der Waals surface area contributed by atoms with E-state index in [-0.39, 0.29) is 27.3 Å². The van der Waals surface area contributed by atoms with Gasteiger partial charge in [0, 0.05) is 27.3 Å². The second-order valence-corrected chi connectivity index (χ2v) is 5.29. The van der Waals surface area contributed by atoms with Crippen molar-refractivity contribution in [2.75, 3.05) is 0 Å². The molecule has 0 aliphatic carbocycles. The summed E-state index contributed by atoms with van der Waals surface area (Å²) in [6, 6.07) is 0. The summed E-state index contributed by atoms with van der Waals surface area (Å²) in [6.07, 6.45) is 0. The van der Waals surface area contributed by atoms with Gasteiger partial charge in [-0.25, -0.2) is 0 Å². The van der Waals surface area contributed by atoms with Crippen molar-refractivity contribution < 1.29 is 40.3 Å². The van der Waals surface area contributed by atoms with Crippen LogP contribution in [0.4, 0.5) is 0 Å². The van der Waals surface area contributed by atoms with Crippen LogP contribution in [0.2, 0.25) is 0 Å². The van der Waals surface area contributed by atoms with E-state index in [0.29, 0.717) is 20.9 Å². The van der Waals surface area contributed by atoms with Gasteiger partial charge in [0.1, 0.15) is 0 Å². The van der Waals surface area contributed by atoms with Crippen LogP contribution in [-0.2, 0) is 34.6 Å². The van der Waals surface area contributed by atoms with Gasteiger partial charge >= 0.3 is 41.2 Å². The number of rotatable bonds is 0. The fourth-order valence-electron chi connectivity index (χ4n) is 0. The molecule has 0 aromatic heterocycles. The molecule has 0 saturated carbocycles. The van der Waals surface area contributed by atoms with Crippen molar-refractivity contribution in [2.24, 2.45) is 0 Å². The Balaban J connectivity index is 0. The summed E-state index contributed by atoms with van der Waals surface area (Å²) in [4.78, 5) is 0. The van der Waals surface area contributed by atoms with E-state index in [9.17, 15) is 8.42 Å². The van der Waals surface area contributed by atoms with Crippen molar-refractivity contribution >= 4 is 28.3 Å². The zero-order valence-electron chi connectivity index (χ0n) is 2.83. The fraction of sp³-hybridized carbons (Fsp3) is 0. The quantitative estimate of drug-likeness (QED) is 0.445. The maximum atomic E-state index is 9.21. The molecule has 0 saturated heterocycles. The number of hydrogen-bond acceptors (Lipinski definition) is 2. The van der Waals surface area contributed by atoms with Crippen LogP contribution in [0.25, 0.3) is 0 Å². The Bertz CT molecular complexity index is 94.0. The van der Waals surface area contributed by atoms with Gasteiger partial charge in [-0.15, -0.1) is 0 Å². The smallest absolute Gasteiger partial charge is 0 e. The Labute approximate surface area is 67.8 Å². The van der Waals surface area contributed by atoms with Gasteiger partial charge < -0.3 is 0 Å². The molecule has 34 valence electrons. The summed E-state index contributed by atoms with van der Waals surface area (Å²) in [5.41, 5.74) is 0. The van der Waals surface area contributed by atoms with E-state index in [1.807, 2.05) is 0 Å². The Kier molecular flexibility index (Phi) is 6.35. The number of hydrogen-bond donors (Lipinski definition) is 1. The molecule has 0 fully saturated rings. The van der Waals surface area contributed by atoms with Gasteiger partial charge in [-0.1, -0.05) is 0 Å². The molecule has 1 N–H and O–H groups in total. The van der Waals surface area contributed by atoms with Crippen molar-refractivity contribution in [1.29, 1.82) is 0 Å². The molecule has 0 bridgehead atoms. The van der Waals surface area contributed by atoms with Gasteiger partial charge in [0.2, 0.25) is 0 Å². The summed E-state index contributed by atoms with van der Waals surface area (Å²) < 4.78 is 25.9. The molecular weight excluding hydrogens is 320 g/mol. The van der Waals surface area contributed by atoms with Crippen LogP contribution in [0.1, 0.15) is 0 Å². The molecule has 0 unspecified atom stereocenters. The first-order valence-corrected chi connectivity index (χ1v) is 5.22. The Morgan fingerprint density at radius 2 is 1.50 bits per heavy atom. The average Bonchev–Trinajstić information content (AvgIpc) is 0.722. The Hall–Kier alpha value is 1.62. The molecule has 3 nitrogen and oxygen atoms in total. The van der Waals surface area contributed by atoms with E-state index in [1.54, 1.807) is 0 Å². The molecule has 0 atom stereocenters. The van der Waals surface area contributed by atoms with E-state index in [4.69, 9.17) is 4.55 Å².